The topological polar surface area (TPSA) is 52.6 Å². The molecule has 1 amide bonds. The first-order valence-electron chi connectivity index (χ1n) is 7.05. The summed E-state index contributed by atoms with van der Waals surface area (Å²) in [6, 6.07) is 0.0172. The fourth-order valence-corrected chi connectivity index (χ4v) is 3.31. The molecule has 1 aliphatic heterocycles. The van der Waals surface area contributed by atoms with Gasteiger partial charge in [-0.2, -0.15) is 0 Å². The third kappa shape index (κ3) is 3.63. The smallest absolute Gasteiger partial charge is 0.255 e. The van der Waals surface area contributed by atoms with Gasteiger partial charge < -0.3 is 15.3 Å². The van der Waals surface area contributed by atoms with Crippen molar-refractivity contribution in [2.75, 3.05) is 19.7 Å². The molecule has 0 aromatic carbocycles. The van der Waals surface area contributed by atoms with E-state index >= 15 is 0 Å². The second-order valence-corrected chi connectivity index (χ2v) is 5.50. The molecule has 6 heteroatoms. The predicted octanol–water partition coefficient (Wildman–Crippen LogP) is 0.993. The zero-order chi connectivity index (χ0) is 13.8. The van der Waals surface area contributed by atoms with Gasteiger partial charge in [0.25, 0.3) is 6.43 Å². The van der Waals surface area contributed by atoms with E-state index in [1.807, 2.05) is 0 Å². The summed E-state index contributed by atoms with van der Waals surface area (Å²) in [5.41, 5.74) is 0. The lowest BCUT2D eigenvalue weighted by atomic mass is 9.85. The minimum absolute atomic E-state index is 0.0172. The van der Waals surface area contributed by atoms with Crippen LogP contribution in [0.2, 0.25) is 0 Å². The summed E-state index contributed by atoms with van der Waals surface area (Å²) in [4.78, 5) is 13.3. The number of fused-ring (bicyclic) bond motifs is 1. The lowest BCUT2D eigenvalue weighted by Crippen LogP contribution is -2.47. The van der Waals surface area contributed by atoms with Crippen LogP contribution in [0.5, 0.6) is 0 Å². The van der Waals surface area contributed by atoms with Crippen LogP contribution in [0.3, 0.4) is 0 Å². The Morgan fingerprint density at radius 2 is 2.11 bits per heavy atom. The molecule has 1 saturated carbocycles. The Hall–Kier alpha value is -0.750. The van der Waals surface area contributed by atoms with Crippen molar-refractivity contribution in [3.05, 3.63) is 0 Å². The summed E-state index contributed by atoms with van der Waals surface area (Å²) in [7, 11) is 0. The zero-order valence-electron chi connectivity index (χ0n) is 11.0. The number of carbonyl (C=O) groups excluding carboxylic acids is 1. The Bertz CT molecular complexity index is 301. The molecule has 2 aliphatic rings. The quantitative estimate of drug-likeness (QED) is 0.787. The van der Waals surface area contributed by atoms with Crippen LogP contribution in [0.25, 0.3) is 0 Å². The van der Waals surface area contributed by atoms with Gasteiger partial charge >= 0.3 is 0 Å². The summed E-state index contributed by atoms with van der Waals surface area (Å²) < 4.78 is 24.9. The minimum atomic E-state index is -2.56. The average molecular weight is 276 g/mol. The van der Waals surface area contributed by atoms with Gasteiger partial charge in [-0.3, -0.25) is 4.79 Å². The monoisotopic (exact) mass is 276 g/mol. The number of hydrogen-bond acceptors (Lipinski definition) is 3. The van der Waals surface area contributed by atoms with E-state index in [0.29, 0.717) is 12.0 Å². The molecule has 1 saturated heterocycles. The van der Waals surface area contributed by atoms with E-state index in [0.717, 1.165) is 24.2 Å². The predicted molar refractivity (Wildman–Crippen MR) is 67.0 cm³/mol. The molecule has 1 heterocycles. The molecule has 110 valence electrons. The first kappa shape index (κ1) is 14.7. The van der Waals surface area contributed by atoms with Crippen molar-refractivity contribution in [3.63, 3.8) is 0 Å². The highest BCUT2D eigenvalue weighted by Gasteiger charge is 2.39. The molecule has 0 bridgehead atoms. The molecular formula is C13H22F2N2O2. The van der Waals surface area contributed by atoms with Crippen LogP contribution in [-0.4, -0.2) is 54.1 Å². The average Bonchev–Trinajstić information content (AvgIpc) is 2.80. The van der Waals surface area contributed by atoms with E-state index in [9.17, 15) is 13.6 Å². The van der Waals surface area contributed by atoms with Gasteiger partial charge in [0.1, 0.15) is 0 Å². The highest BCUT2D eigenvalue weighted by Crippen LogP contribution is 2.33. The Labute approximate surface area is 112 Å². The first-order chi connectivity index (χ1) is 9.11. The maximum absolute atomic E-state index is 12.5. The number of aliphatic hydroxyl groups excluding tert-OH is 1. The number of alkyl halides is 2. The lowest BCUT2D eigenvalue weighted by Gasteiger charge is -2.25. The van der Waals surface area contributed by atoms with Crippen molar-refractivity contribution in [2.24, 2.45) is 5.92 Å². The van der Waals surface area contributed by atoms with Crippen LogP contribution in [0.15, 0.2) is 0 Å². The van der Waals surface area contributed by atoms with Gasteiger partial charge in [-0.25, -0.2) is 8.78 Å². The van der Waals surface area contributed by atoms with Gasteiger partial charge in [0.2, 0.25) is 5.91 Å². The molecular weight excluding hydrogens is 254 g/mol. The number of rotatable bonds is 5. The molecule has 2 N–H and O–H groups in total. The van der Waals surface area contributed by atoms with Crippen molar-refractivity contribution in [2.45, 2.75) is 50.6 Å². The third-order valence-corrected chi connectivity index (χ3v) is 4.20. The van der Waals surface area contributed by atoms with Gasteiger partial charge in [0.15, 0.2) is 0 Å². The Kier molecular flexibility index (Phi) is 5.10. The Balaban J connectivity index is 1.93. The highest BCUT2D eigenvalue weighted by molar-refractivity contribution is 5.82. The maximum Gasteiger partial charge on any atom is 0.255 e. The van der Waals surface area contributed by atoms with Crippen LogP contribution in [0.4, 0.5) is 8.78 Å². The van der Waals surface area contributed by atoms with Crippen LogP contribution < -0.4 is 5.32 Å². The number of nitrogens with one attached hydrogen (secondary N) is 1. The summed E-state index contributed by atoms with van der Waals surface area (Å²) >= 11 is 0. The molecule has 3 atom stereocenters. The van der Waals surface area contributed by atoms with Gasteiger partial charge in [0.05, 0.1) is 19.2 Å². The van der Waals surface area contributed by atoms with Crippen molar-refractivity contribution in [3.8, 4) is 0 Å². The van der Waals surface area contributed by atoms with E-state index in [2.05, 4.69) is 5.32 Å². The number of halogens is 2. The fraction of sp³-hybridized carbons (Fsp3) is 0.923. The number of nitrogens with zero attached hydrogens (tertiary/aromatic N) is 1. The number of hydrogen-bond donors (Lipinski definition) is 2. The largest absolute Gasteiger partial charge is 0.395 e. The minimum Gasteiger partial charge on any atom is -0.395 e. The molecule has 0 spiro atoms. The van der Waals surface area contributed by atoms with Crippen LogP contribution in [0, 0.1) is 5.92 Å². The van der Waals surface area contributed by atoms with E-state index in [-0.39, 0.29) is 25.1 Å². The van der Waals surface area contributed by atoms with Crippen LogP contribution in [0.1, 0.15) is 32.1 Å². The zero-order valence-corrected chi connectivity index (χ0v) is 11.0. The lowest BCUT2D eigenvalue weighted by molar-refractivity contribution is -0.135. The van der Waals surface area contributed by atoms with Gasteiger partial charge in [-0.1, -0.05) is 12.8 Å². The molecule has 2 rings (SSSR count). The molecule has 3 unspecified atom stereocenters. The second-order valence-electron chi connectivity index (χ2n) is 5.50. The first-order valence-corrected chi connectivity index (χ1v) is 7.05. The van der Waals surface area contributed by atoms with Gasteiger partial charge in [-0.05, 0) is 25.2 Å². The summed E-state index contributed by atoms with van der Waals surface area (Å²) in [6.07, 6.45) is 2.75. The molecule has 2 fully saturated rings. The number of aliphatic hydroxyl groups is 1. The van der Waals surface area contributed by atoms with E-state index in [1.54, 1.807) is 0 Å². The van der Waals surface area contributed by atoms with E-state index in [4.69, 9.17) is 5.11 Å². The van der Waals surface area contributed by atoms with E-state index in [1.165, 1.54) is 12.8 Å². The molecule has 0 radical (unpaired) electrons. The summed E-state index contributed by atoms with van der Waals surface area (Å²) in [5, 5.41) is 12.2. The maximum atomic E-state index is 12.5. The van der Waals surface area contributed by atoms with Gasteiger partial charge in [-0.15, -0.1) is 0 Å². The number of amides is 1. The Morgan fingerprint density at radius 3 is 2.74 bits per heavy atom. The fourth-order valence-electron chi connectivity index (χ4n) is 3.31. The molecule has 0 aromatic rings. The number of carbonyl (C=O) groups is 1. The van der Waals surface area contributed by atoms with Gasteiger partial charge in [0, 0.05) is 12.6 Å². The standard InChI is InChI=1S/C13H22F2N2O2/c14-12(15)8-17(5-6-18)13(19)11-7-9-3-1-2-4-10(9)16-11/h9-12,16,18H,1-8H2. The van der Waals surface area contributed by atoms with Crippen molar-refractivity contribution in [1.82, 2.24) is 10.2 Å². The van der Waals surface area contributed by atoms with Crippen molar-refractivity contribution >= 4 is 5.91 Å². The molecule has 19 heavy (non-hydrogen) atoms. The molecule has 4 nitrogen and oxygen atoms in total. The third-order valence-electron chi connectivity index (χ3n) is 4.20. The SMILES string of the molecule is O=C(C1CC2CCCCC2N1)N(CCO)CC(F)F. The molecule has 1 aliphatic carbocycles. The van der Waals surface area contributed by atoms with Crippen LogP contribution in [-0.2, 0) is 4.79 Å². The van der Waals surface area contributed by atoms with Crippen molar-refractivity contribution < 1.29 is 18.7 Å². The summed E-state index contributed by atoms with van der Waals surface area (Å²) in [5.74, 6) is 0.217. The Morgan fingerprint density at radius 1 is 1.37 bits per heavy atom. The summed E-state index contributed by atoms with van der Waals surface area (Å²) in [6.45, 7) is -0.887. The molecule has 0 aromatic heterocycles. The van der Waals surface area contributed by atoms with Crippen LogP contribution >= 0.6 is 0 Å². The second kappa shape index (κ2) is 6.61. The van der Waals surface area contributed by atoms with E-state index < -0.39 is 13.0 Å². The van der Waals surface area contributed by atoms with Crippen molar-refractivity contribution in [1.29, 1.82) is 0 Å². The normalized spacial score (nSPS) is 30.4. The highest BCUT2D eigenvalue weighted by atomic mass is 19.3.